The molecule has 1 aromatic heterocycles. The smallest absolute Gasteiger partial charge is 0.210 e. The molecule has 0 aliphatic heterocycles. The van der Waals surface area contributed by atoms with E-state index in [0.29, 0.717) is 16.0 Å². The molecule has 0 fully saturated rings. The molecule has 2 aromatic carbocycles. The molecule has 2 N–H and O–H groups in total. The van der Waals surface area contributed by atoms with E-state index in [2.05, 4.69) is 17.1 Å². The van der Waals surface area contributed by atoms with E-state index in [-0.39, 0.29) is 5.25 Å². The molecule has 118 valence electrons. The Kier molecular flexibility index (Phi) is 4.80. The van der Waals surface area contributed by atoms with Crippen molar-refractivity contribution in [3.05, 3.63) is 64.1 Å². The van der Waals surface area contributed by atoms with Gasteiger partial charge < -0.3 is 5.84 Å². The average Bonchev–Trinajstić information content (AvgIpc) is 2.89. The van der Waals surface area contributed by atoms with Crippen LogP contribution in [0.4, 0.5) is 0 Å². The second kappa shape index (κ2) is 6.83. The van der Waals surface area contributed by atoms with E-state index in [1.54, 1.807) is 6.07 Å². The van der Waals surface area contributed by atoms with Crippen LogP contribution in [0, 0.1) is 0 Å². The maximum Gasteiger partial charge on any atom is 0.210 e. The third-order valence-electron chi connectivity index (χ3n) is 3.40. The fourth-order valence-corrected chi connectivity index (χ4v) is 3.73. The maximum atomic E-state index is 6.24. The largest absolute Gasteiger partial charge is 0.335 e. The number of nitrogens with two attached hydrogens (primary N) is 1. The molecule has 3 aromatic rings. The monoisotopic (exact) mass is 364 g/mol. The second-order valence-corrected chi connectivity index (χ2v) is 7.06. The van der Waals surface area contributed by atoms with Crippen molar-refractivity contribution in [2.45, 2.75) is 17.3 Å². The van der Waals surface area contributed by atoms with Gasteiger partial charge in [0.25, 0.3) is 0 Å². The van der Waals surface area contributed by atoms with E-state index in [4.69, 9.17) is 29.0 Å². The molecule has 0 bridgehead atoms. The van der Waals surface area contributed by atoms with Crippen LogP contribution in [0.25, 0.3) is 11.4 Å². The molecule has 0 aliphatic carbocycles. The van der Waals surface area contributed by atoms with E-state index in [0.717, 1.165) is 16.1 Å². The van der Waals surface area contributed by atoms with Gasteiger partial charge in [0.2, 0.25) is 5.16 Å². The van der Waals surface area contributed by atoms with Gasteiger partial charge in [-0.25, -0.2) is 4.68 Å². The first-order chi connectivity index (χ1) is 11.1. The highest BCUT2D eigenvalue weighted by Gasteiger charge is 2.18. The van der Waals surface area contributed by atoms with Crippen LogP contribution in [0.1, 0.15) is 17.7 Å². The third kappa shape index (κ3) is 3.32. The lowest BCUT2D eigenvalue weighted by Crippen LogP contribution is -2.12. The highest BCUT2D eigenvalue weighted by atomic mass is 35.5. The fourth-order valence-electron chi connectivity index (χ4n) is 2.21. The van der Waals surface area contributed by atoms with Crippen molar-refractivity contribution in [1.82, 2.24) is 14.9 Å². The highest BCUT2D eigenvalue weighted by molar-refractivity contribution is 7.99. The van der Waals surface area contributed by atoms with Gasteiger partial charge in [0.1, 0.15) is 0 Å². The highest BCUT2D eigenvalue weighted by Crippen LogP contribution is 2.37. The Morgan fingerprint density at radius 1 is 1.00 bits per heavy atom. The van der Waals surface area contributed by atoms with Gasteiger partial charge in [0.05, 0.1) is 5.02 Å². The lowest BCUT2D eigenvalue weighted by molar-refractivity contribution is 0.844. The van der Waals surface area contributed by atoms with Crippen LogP contribution in [-0.2, 0) is 0 Å². The molecule has 3 rings (SSSR count). The molecule has 1 unspecified atom stereocenters. The van der Waals surface area contributed by atoms with Crippen molar-refractivity contribution < 1.29 is 0 Å². The Bertz CT molecular complexity index is 834. The van der Waals surface area contributed by atoms with Crippen LogP contribution >= 0.6 is 35.0 Å². The lowest BCUT2D eigenvalue weighted by atomic mass is 10.2. The summed E-state index contributed by atoms with van der Waals surface area (Å²) in [4.78, 5) is 0. The van der Waals surface area contributed by atoms with E-state index in [1.165, 1.54) is 16.4 Å². The molecule has 0 radical (unpaired) electrons. The Morgan fingerprint density at radius 3 is 2.35 bits per heavy atom. The number of thioether (sulfide) groups is 1. The minimum absolute atomic E-state index is 0.0919. The zero-order chi connectivity index (χ0) is 16.4. The number of nitrogens with zero attached hydrogens (tertiary/aromatic N) is 3. The van der Waals surface area contributed by atoms with Gasteiger partial charge in [-0.15, -0.1) is 10.2 Å². The molecular formula is C16H14Cl2N4S. The van der Waals surface area contributed by atoms with Crippen molar-refractivity contribution in [1.29, 1.82) is 0 Å². The van der Waals surface area contributed by atoms with Crippen LogP contribution in [-0.4, -0.2) is 14.9 Å². The molecule has 1 atom stereocenters. The standard InChI is InChI=1S/C16H14Cl2N4S/c1-10(11-6-2-4-8-13(11)17)23-16-21-20-15(22(16)19)12-7-3-5-9-14(12)18/h2-10H,19H2,1H3. The molecule has 1 heterocycles. The zero-order valence-corrected chi connectivity index (χ0v) is 14.6. The summed E-state index contributed by atoms with van der Waals surface area (Å²) < 4.78 is 1.46. The van der Waals surface area contributed by atoms with Gasteiger partial charge in [0.15, 0.2) is 5.82 Å². The van der Waals surface area contributed by atoms with E-state index < -0.39 is 0 Å². The summed E-state index contributed by atoms with van der Waals surface area (Å²) in [5.74, 6) is 6.68. The Hall–Kier alpha value is -1.69. The minimum atomic E-state index is 0.0919. The number of aromatic nitrogens is 3. The van der Waals surface area contributed by atoms with Gasteiger partial charge in [-0.1, -0.05) is 65.3 Å². The normalized spacial score (nSPS) is 12.3. The first-order valence-electron chi connectivity index (χ1n) is 6.94. The number of benzene rings is 2. The Morgan fingerprint density at radius 2 is 1.65 bits per heavy atom. The molecule has 0 saturated carbocycles. The molecule has 7 heteroatoms. The maximum absolute atomic E-state index is 6.24. The molecule has 23 heavy (non-hydrogen) atoms. The van der Waals surface area contributed by atoms with Gasteiger partial charge in [-0.05, 0) is 30.7 Å². The van der Waals surface area contributed by atoms with Gasteiger partial charge in [-0.2, -0.15) is 0 Å². The lowest BCUT2D eigenvalue weighted by Gasteiger charge is -2.12. The van der Waals surface area contributed by atoms with Crippen LogP contribution in [0.3, 0.4) is 0 Å². The Labute approximate surface area is 148 Å². The summed E-state index contributed by atoms with van der Waals surface area (Å²) in [7, 11) is 0. The molecule has 0 aliphatic rings. The van der Waals surface area contributed by atoms with Crippen molar-refractivity contribution in [3.63, 3.8) is 0 Å². The SMILES string of the molecule is CC(Sc1nnc(-c2ccccc2Cl)n1N)c1ccccc1Cl. The van der Waals surface area contributed by atoms with E-state index in [1.807, 2.05) is 42.5 Å². The summed E-state index contributed by atoms with van der Waals surface area (Å²) in [5, 5.41) is 10.3. The van der Waals surface area contributed by atoms with Crippen LogP contribution in [0.2, 0.25) is 10.0 Å². The second-order valence-electron chi connectivity index (χ2n) is 4.94. The van der Waals surface area contributed by atoms with Crippen molar-refractivity contribution in [3.8, 4) is 11.4 Å². The first kappa shape index (κ1) is 16.2. The summed E-state index contributed by atoms with van der Waals surface area (Å²) in [6.07, 6.45) is 0. The number of hydrogen-bond donors (Lipinski definition) is 1. The summed E-state index contributed by atoms with van der Waals surface area (Å²) >= 11 is 13.9. The number of hydrogen-bond acceptors (Lipinski definition) is 4. The van der Waals surface area contributed by atoms with Crippen molar-refractivity contribution >= 4 is 35.0 Å². The number of rotatable bonds is 4. The van der Waals surface area contributed by atoms with E-state index >= 15 is 0 Å². The molecule has 0 saturated heterocycles. The van der Waals surface area contributed by atoms with Gasteiger partial charge >= 0.3 is 0 Å². The zero-order valence-electron chi connectivity index (χ0n) is 12.3. The van der Waals surface area contributed by atoms with Gasteiger partial charge in [-0.3, -0.25) is 0 Å². The molecule has 4 nitrogen and oxygen atoms in total. The predicted octanol–water partition coefficient (Wildman–Crippen LogP) is 4.82. The molecular weight excluding hydrogens is 351 g/mol. The minimum Gasteiger partial charge on any atom is -0.335 e. The quantitative estimate of drug-likeness (QED) is 0.532. The Balaban J connectivity index is 1.89. The predicted molar refractivity (Wildman–Crippen MR) is 96.3 cm³/mol. The summed E-state index contributed by atoms with van der Waals surface area (Å²) in [6, 6.07) is 15.1. The summed E-state index contributed by atoms with van der Waals surface area (Å²) in [5.41, 5.74) is 1.78. The van der Waals surface area contributed by atoms with Crippen molar-refractivity contribution in [2.75, 3.05) is 5.84 Å². The van der Waals surface area contributed by atoms with Crippen LogP contribution in [0.15, 0.2) is 53.7 Å². The van der Waals surface area contributed by atoms with Crippen LogP contribution in [0.5, 0.6) is 0 Å². The first-order valence-corrected chi connectivity index (χ1v) is 8.58. The summed E-state index contributed by atoms with van der Waals surface area (Å²) in [6.45, 7) is 2.05. The molecule has 0 amide bonds. The topological polar surface area (TPSA) is 56.7 Å². The molecule has 0 spiro atoms. The number of nitrogen functional groups attached to an aromatic ring is 1. The van der Waals surface area contributed by atoms with Crippen molar-refractivity contribution in [2.24, 2.45) is 0 Å². The number of halogens is 2. The van der Waals surface area contributed by atoms with Gasteiger partial charge in [0, 0.05) is 15.8 Å². The fraction of sp³-hybridized carbons (Fsp3) is 0.125. The average molecular weight is 365 g/mol. The van der Waals surface area contributed by atoms with Crippen LogP contribution < -0.4 is 5.84 Å². The third-order valence-corrected chi connectivity index (χ3v) is 5.18. The van der Waals surface area contributed by atoms with E-state index in [9.17, 15) is 0 Å².